The first-order valence-electron chi connectivity index (χ1n) is 14.8. The van der Waals surface area contributed by atoms with Gasteiger partial charge in [0.25, 0.3) is 0 Å². The molecule has 0 amide bonds. The lowest BCUT2D eigenvalue weighted by Gasteiger charge is -2.49. The van der Waals surface area contributed by atoms with Gasteiger partial charge in [0.05, 0.1) is 6.42 Å². The van der Waals surface area contributed by atoms with Gasteiger partial charge in [0.1, 0.15) is 35.8 Å². The van der Waals surface area contributed by atoms with Gasteiger partial charge in [-0.3, -0.25) is 4.79 Å². The van der Waals surface area contributed by atoms with Crippen molar-refractivity contribution in [3.63, 3.8) is 0 Å². The van der Waals surface area contributed by atoms with Crippen molar-refractivity contribution < 1.29 is 24.2 Å². The molecule has 8 heteroatoms. The molecule has 2 aromatic rings. The number of hydrogen-bond acceptors (Lipinski definition) is 7. The number of piperidine rings is 1. The zero-order valence-corrected chi connectivity index (χ0v) is 24.4. The van der Waals surface area contributed by atoms with E-state index in [4.69, 9.17) is 24.2 Å². The predicted molar refractivity (Wildman–Crippen MR) is 153 cm³/mol. The van der Waals surface area contributed by atoms with Gasteiger partial charge in [-0.2, -0.15) is 0 Å². The van der Waals surface area contributed by atoms with Crippen molar-refractivity contribution in [1.29, 1.82) is 0 Å². The van der Waals surface area contributed by atoms with Crippen molar-refractivity contribution in [3.05, 3.63) is 70.8 Å². The van der Waals surface area contributed by atoms with Crippen LogP contribution in [-0.4, -0.2) is 52.2 Å². The maximum absolute atomic E-state index is 13.7. The Balaban J connectivity index is 1.19. The van der Waals surface area contributed by atoms with Crippen LogP contribution in [0.3, 0.4) is 0 Å². The van der Waals surface area contributed by atoms with E-state index < -0.39 is 16.5 Å². The van der Waals surface area contributed by atoms with E-state index in [9.17, 15) is 10.0 Å². The van der Waals surface area contributed by atoms with Crippen LogP contribution in [0, 0.1) is 5.41 Å². The van der Waals surface area contributed by atoms with Crippen molar-refractivity contribution in [3.8, 4) is 0 Å². The molecule has 0 saturated carbocycles. The molecule has 0 bridgehead atoms. The normalized spacial score (nSPS) is 29.4. The highest BCUT2D eigenvalue weighted by Crippen LogP contribution is 2.48. The maximum Gasteiger partial charge on any atom is 0.307 e. The van der Waals surface area contributed by atoms with Gasteiger partial charge in [0.2, 0.25) is 11.8 Å². The number of hydrogen-bond donors (Lipinski definition) is 0. The summed E-state index contributed by atoms with van der Waals surface area (Å²) in [6.07, 6.45) is 1.91. The fourth-order valence-corrected chi connectivity index (χ4v) is 7.75. The summed E-state index contributed by atoms with van der Waals surface area (Å²) in [5.41, 5.74) is 2.56. The Labute approximate surface area is 241 Å². The average Bonchev–Trinajstić information content (AvgIpc) is 3.65. The molecular weight excluding hydrogens is 518 g/mol. The fraction of sp³-hybridized carbons (Fsp3) is 0.545. The van der Waals surface area contributed by atoms with Crippen LogP contribution in [0.5, 0.6) is 0 Å². The number of aliphatic imine (C=N–C) groups is 2. The minimum absolute atomic E-state index is 0.00864. The second-order valence-electron chi connectivity index (χ2n) is 13.8. The van der Waals surface area contributed by atoms with E-state index in [2.05, 4.69) is 24.3 Å². The number of carbonyl (C=O) groups excluding carboxylic acids is 1. The monoisotopic (exact) mass is 556 g/mol. The van der Waals surface area contributed by atoms with Crippen molar-refractivity contribution in [2.24, 2.45) is 15.4 Å². The molecule has 0 N–H and O–H groups in total. The Bertz CT molecular complexity index is 1370. The van der Waals surface area contributed by atoms with Crippen molar-refractivity contribution >= 4 is 17.8 Å². The van der Waals surface area contributed by atoms with Crippen molar-refractivity contribution in [2.75, 3.05) is 0 Å². The second-order valence-corrected chi connectivity index (χ2v) is 13.8. The molecule has 41 heavy (non-hydrogen) atoms. The van der Waals surface area contributed by atoms with E-state index >= 15 is 0 Å². The van der Waals surface area contributed by atoms with Gasteiger partial charge in [-0.25, -0.2) is 9.98 Å². The third kappa shape index (κ3) is 4.29. The van der Waals surface area contributed by atoms with Gasteiger partial charge >= 0.3 is 5.97 Å². The highest BCUT2D eigenvalue weighted by Gasteiger charge is 2.54. The number of carbonyl (C=O) groups is 1. The lowest BCUT2D eigenvalue weighted by Crippen LogP contribution is -2.60. The van der Waals surface area contributed by atoms with Gasteiger partial charge in [-0.1, -0.05) is 48.5 Å². The molecule has 0 unspecified atom stereocenters. The van der Waals surface area contributed by atoms with Crippen LogP contribution in [0.25, 0.3) is 0 Å². The molecule has 215 valence electrons. The molecule has 1 radical (unpaired) electrons. The number of hydroxylamine groups is 2. The van der Waals surface area contributed by atoms with Crippen LogP contribution >= 0.6 is 0 Å². The molecule has 7 rings (SSSR count). The summed E-state index contributed by atoms with van der Waals surface area (Å²) in [6.45, 7) is 9.56. The molecule has 0 aromatic heterocycles. The molecule has 1 saturated heterocycles. The third-order valence-corrected chi connectivity index (χ3v) is 9.63. The second kappa shape index (κ2) is 9.13. The lowest BCUT2D eigenvalue weighted by molar-refractivity contribution is -0.299. The van der Waals surface area contributed by atoms with Crippen LogP contribution in [0.15, 0.2) is 58.5 Å². The van der Waals surface area contributed by atoms with Crippen molar-refractivity contribution in [2.45, 2.75) is 108 Å². The van der Waals surface area contributed by atoms with Gasteiger partial charge in [0, 0.05) is 36.8 Å². The molecule has 0 spiro atoms. The summed E-state index contributed by atoms with van der Waals surface area (Å²) >= 11 is 0. The number of nitrogens with zero attached hydrogens (tertiary/aromatic N) is 3. The smallest absolute Gasteiger partial charge is 0.307 e. The Morgan fingerprint density at radius 1 is 0.878 bits per heavy atom. The summed E-state index contributed by atoms with van der Waals surface area (Å²) in [5.74, 6) is 0.609. The highest BCUT2D eigenvalue weighted by atomic mass is 16.6. The van der Waals surface area contributed by atoms with Gasteiger partial charge < -0.3 is 14.2 Å². The molecule has 2 aromatic carbocycles. The summed E-state index contributed by atoms with van der Waals surface area (Å²) in [7, 11) is 0. The van der Waals surface area contributed by atoms with E-state index in [-0.39, 0.29) is 42.8 Å². The van der Waals surface area contributed by atoms with E-state index in [1.807, 2.05) is 58.9 Å². The molecular formula is C33H38N3O5. The Kier molecular flexibility index (Phi) is 5.94. The van der Waals surface area contributed by atoms with Crippen LogP contribution in [-0.2, 0) is 37.1 Å². The quantitative estimate of drug-likeness (QED) is 0.455. The van der Waals surface area contributed by atoms with E-state index in [0.29, 0.717) is 24.6 Å². The average molecular weight is 557 g/mol. The molecule has 4 atom stereocenters. The van der Waals surface area contributed by atoms with Crippen LogP contribution in [0.2, 0.25) is 0 Å². The van der Waals surface area contributed by atoms with Crippen LogP contribution in [0.1, 0.15) is 88.2 Å². The largest absolute Gasteiger partial charge is 0.474 e. The zero-order chi connectivity index (χ0) is 28.7. The summed E-state index contributed by atoms with van der Waals surface area (Å²) < 4.78 is 19.2. The molecule has 3 aliphatic heterocycles. The first-order chi connectivity index (χ1) is 19.4. The first-order valence-corrected chi connectivity index (χ1v) is 14.8. The Morgan fingerprint density at radius 3 is 1.83 bits per heavy atom. The topological polar surface area (TPSA) is 92.6 Å². The van der Waals surface area contributed by atoms with Gasteiger partial charge in [-0.15, -0.1) is 10.3 Å². The number of rotatable bonds is 5. The SMILES string of the molecule is CC(CC(=O)OC1CC(C)(C)N([O])C(C)(C)C1)(C1=N[C@H]2c3ccccc3C[C@H]2O1)C1=N[C@H]2c3ccccc3C[C@H]2O1. The van der Waals surface area contributed by atoms with Gasteiger partial charge in [-0.05, 0) is 56.9 Å². The standard InChI is InChI=1S/C33H38N3O5/c1-31(2)16-21(17-32(3,4)36(31)38)39-26(37)18-33(5,29-34-27-22-12-8-6-10-19(22)14-24(27)40-29)30-35-28-23-13-9-7-11-20(23)15-25(28)41-30/h6-13,21,24-25,27-28H,14-18H2,1-5H3/t24-,25-,27+,28+/m1/s1. The van der Waals surface area contributed by atoms with Gasteiger partial charge in [0.15, 0.2) is 0 Å². The Morgan fingerprint density at radius 2 is 1.34 bits per heavy atom. The number of fused-ring (bicyclic) bond motifs is 6. The fourth-order valence-electron chi connectivity index (χ4n) is 7.75. The minimum Gasteiger partial charge on any atom is -0.474 e. The minimum atomic E-state index is -1.01. The summed E-state index contributed by atoms with van der Waals surface area (Å²) in [4.78, 5) is 23.9. The molecule has 8 nitrogen and oxygen atoms in total. The zero-order valence-electron chi connectivity index (χ0n) is 24.4. The summed E-state index contributed by atoms with van der Waals surface area (Å²) in [5, 5.41) is 14.0. The number of benzene rings is 2. The maximum atomic E-state index is 13.7. The molecule has 1 fully saturated rings. The Hall–Kier alpha value is -3.23. The van der Waals surface area contributed by atoms with E-state index in [1.165, 1.54) is 22.3 Å². The number of ether oxygens (including phenoxy) is 3. The molecule has 3 heterocycles. The third-order valence-electron chi connectivity index (χ3n) is 9.63. The molecule has 5 aliphatic rings. The molecule has 2 aliphatic carbocycles. The van der Waals surface area contributed by atoms with Crippen LogP contribution < -0.4 is 0 Å². The lowest BCUT2D eigenvalue weighted by atomic mass is 9.80. The van der Waals surface area contributed by atoms with E-state index in [1.54, 1.807) is 0 Å². The van der Waals surface area contributed by atoms with Crippen LogP contribution in [0.4, 0.5) is 0 Å². The first kappa shape index (κ1) is 26.7. The van der Waals surface area contributed by atoms with E-state index in [0.717, 1.165) is 17.9 Å². The predicted octanol–water partition coefficient (Wildman–Crippen LogP) is 5.48. The highest BCUT2D eigenvalue weighted by molar-refractivity contribution is 6.08. The number of esters is 1. The summed E-state index contributed by atoms with van der Waals surface area (Å²) in [6, 6.07) is 16.4. The van der Waals surface area contributed by atoms with Crippen molar-refractivity contribution in [1.82, 2.24) is 5.06 Å².